The summed E-state index contributed by atoms with van der Waals surface area (Å²) in [5.74, 6) is -2.65. The first-order chi connectivity index (χ1) is 10.1. The van der Waals surface area contributed by atoms with Gasteiger partial charge < -0.3 is 11.1 Å². The van der Waals surface area contributed by atoms with Crippen LogP contribution in [0.5, 0.6) is 0 Å². The fraction of sp³-hybridized carbons (Fsp3) is 0.200. The lowest BCUT2D eigenvalue weighted by atomic mass is 10.1. The number of nitrogens with one attached hydrogen (secondary N) is 1. The van der Waals surface area contributed by atoms with Crippen LogP contribution in [0.1, 0.15) is 34.1 Å². The number of anilines is 1. The largest absolute Gasteiger partial charge is 0.374 e. The van der Waals surface area contributed by atoms with Crippen LogP contribution in [0, 0.1) is 11.6 Å². The summed E-state index contributed by atoms with van der Waals surface area (Å²) in [6.07, 6.45) is 3.27. The highest BCUT2D eigenvalue weighted by molar-refractivity contribution is 5.94. The van der Waals surface area contributed by atoms with Gasteiger partial charge >= 0.3 is 0 Å². The van der Waals surface area contributed by atoms with E-state index in [2.05, 4.69) is 10.3 Å². The summed E-state index contributed by atoms with van der Waals surface area (Å²) in [5.41, 5.74) is 6.74. The van der Waals surface area contributed by atoms with Crippen LogP contribution in [-0.2, 0) is 6.42 Å². The predicted molar refractivity (Wildman–Crippen MR) is 73.8 cm³/mol. The number of hydrogen-bond acceptors (Lipinski definition) is 3. The highest BCUT2D eigenvalue weighted by atomic mass is 19.1. The number of aryl methyl sites for hydroxylation is 1. The van der Waals surface area contributed by atoms with E-state index in [1.807, 2.05) is 12.1 Å². The van der Waals surface area contributed by atoms with E-state index in [1.54, 1.807) is 6.20 Å². The van der Waals surface area contributed by atoms with E-state index >= 15 is 0 Å². The van der Waals surface area contributed by atoms with Gasteiger partial charge in [0.05, 0.1) is 23.0 Å². The lowest BCUT2D eigenvalue weighted by molar-refractivity contribution is 0.0996. The van der Waals surface area contributed by atoms with Gasteiger partial charge in [-0.15, -0.1) is 0 Å². The molecule has 0 saturated heterocycles. The zero-order valence-electron chi connectivity index (χ0n) is 11.1. The van der Waals surface area contributed by atoms with Gasteiger partial charge in [-0.25, -0.2) is 8.78 Å². The fourth-order valence-electron chi connectivity index (χ4n) is 2.59. The number of fused-ring (bicyclic) bond motifs is 1. The Hall–Kier alpha value is -2.50. The zero-order chi connectivity index (χ0) is 15.0. The van der Waals surface area contributed by atoms with Crippen LogP contribution < -0.4 is 11.1 Å². The molecule has 2 aromatic rings. The van der Waals surface area contributed by atoms with Crippen molar-refractivity contribution in [2.24, 2.45) is 5.73 Å². The van der Waals surface area contributed by atoms with E-state index < -0.39 is 17.5 Å². The van der Waals surface area contributed by atoms with Gasteiger partial charge in [0.25, 0.3) is 5.91 Å². The van der Waals surface area contributed by atoms with Gasteiger partial charge in [-0.1, -0.05) is 6.07 Å². The second-order valence-electron chi connectivity index (χ2n) is 4.96. The van der Waals surface area contributed by atoms with E-state index in [0.717, 1.165) is 30.2 Å². The van der Waals surface area contributed by atoms with E-state index in [1.165, 1.54) is 0 Å². The Morgan fingerprint density at radius 1 is 1.33 bits per heavy atom. The summed E-state index contributed by atoms with van der Waals surface area (Å²) in [6.45, 7) is 0. The molecule has 1 aromatic heterocycles. The molecule has 1 amide bonds. The molecule has 108 valence electrons. The molecule has 0 spiro atoms. The maximum Gasteiger partial charge on any atom is 0.251 e. The van der Waals surface area contributed by atoms with E-state index in [4.69, 9.17) is 5.73 Å². The maximum absolute atomic E-state index is 13.8. The third kappa shape index (κ3) is 2.44. The molecule has 1 unspecified atom stereocenters. The van der Waals surface area contributed by atoms with Gasteiger partial charge in [0, 0.05) is 12.3 Å². The van der Waals surface area contributed by atoms with Crippen molar-refractivity contribution in [3.05, 3.63) is 58.9 Å². The molecule has 6 heteroatoms. The Morgan fingerprint density at radius 2 is 2.14 bits per heavy atom. The molecule has 3 rings (SSSR count). The number of nitrogens with zero attached hydrogens (tertiary/aromatic N) is 1. The number of carbonyl (C=O) groups is 1. The van der Waals surface area contributed by atoms with Crippen molar-refractivity contribution in [3.63, 3.8) is 0 Å². The normalized spacial score (nSPS) is 16.6. The van der Waals surface area contributed by atoms with E-state index in [9.17, 15) is 13.6 Å². The van der Waals surface area contributed by atoms with Gasteiger partial charge in [-0.2, -0.15) is 0 Å². The topological polar surface area (TPSA) is 68.0 Å². The fourth-order valence-corrected chi connectivity index (χ4v) is 2.59. The van der Waals surface area contributed by atoms with E-state index in [0.29, 0.717) is 6.07 Å². The molecule has 1 aromatic carbocycles. The highest BCUT2D eigenvalue weighted by Gasteiger charge is 2.25. The maximum atomic E-state index is 13.8. The average Bonchev–Trinajstić information content (AvgIpc) is 2.85. The van der Waals surface area contributed by atoms with E-state index in [-0.39, 0.29) is 17.3 Å². The van der Waals surface area contributed by atoms with Crippen molar-refractivity contribution in [1.29, 1.82) is 0 Å². The van der Waals surface area contributed by atoms with Crippen molar-refractivity contribution >= 4 is 11.6 Å². The zero-order valence-corrected chi connectivity index (χ0v) is 11.1. The first-order valence-corrected chi connectivity index (χ1v) is 6.55. The Kier molecular flexibility index (Phi) is 3.29. The number of benzene rings is 1. The molecule has 0 bridgehead atoms. The average molecular weight is 289 g/mol. The highest BCUT2D eigenvalue weighted by Crippen LogP contribution is 2.33. The number of nitrogens with two attached hydrogens (primary N) is 1. The second kappa shape index (κ2) is 5.12. The standard InChI is InChI=1S/C15H13F2N3O/c16-10-7-11(17)13(6-9(10)15(18)21)20-12-4-3-8-2-1-5-19-14(8)12/h1-2,5-7,12,20H,3-4H2,(H2,18,21). The molecular weight excluding hydrogens is 276 g/mol. The third-order valence-corrected chi connectivity index (χ3v) is 3.61. The predicted octanol–water partition coefficient (Wildman–Crippen LogP) is 2.56. The molecule has 21 heavy (non-hydrogen) atoms. The van der Waals surface area contributed by atoms with Gasteiger partial charge in [-0.3, -0.25) is 9.78 Å². The SMILES string of the molecule is NC(=O)c1cc(NC2CCc3cccnc32)c(F)cc1F. The second-order valence-corrected chi connectivity index (χ2v) is 4.96. The number of hydrogen-bond donors (Lipinski definition) is 2. The molecule has 0 aliphatic heterocycles. The molecule has 1 atom stereocenters. The molecule has 1 aliphatic carbocycles. The first kappa shape index (κ1) is 13.5. The first-order valence-electron chi connectivity index (χ1n) is 6.55. The van der Waals surface area contributed by atoms with Crippen molar-refractivity contribution in [1.82, 2.24) is 4.98 Å². The van der Waals surface area contributed by atoms with Gasteiger partial charge in [0.1, 0.15) is 11.6 Å². The lowest BCUT2D eigenvalue weighted by Crippen LogP contribution is -2.16. The Morgan fingerprint density at radius 3 is 2.90 bits per heavy atom. The third-order valence-electron chi connectivity index (χ3n) is 3.61. The van der Waals surface area contributed by atoms with Crippen LogP contribution in [0.2, 0.25) is 0 Å². The van der Waals surface area contributed by atoms with Crippen LogP contribution in [0.15, 0.2) is 30.5 Å². The number of primary amides is 1. The summed E-state index contributed by atoms with van der Waals surface area (Å²) in [4.78, 5) is 15.4. The number of carbonyl (C=O) groups excluding carboxylic acids is 1. The van der Waals surface area contributed by atoms with Crippen molar-refractivity contribution < 1.29 is 13.6 Å². The summed E-state index contributed by atoms with van der Waals surface area (Å²) >= 11 is 0. The van der Waals surface area contributed by atoms with Crippen LogP contribution in [0.3, 0.4) is 0 Å². The van der Waals surface area contributed by atoms with Crippen LogP contribution >= 0.6 is 0 Å². The molecule has 0 saturated carbocycles. The number of halogens is 2. The van der Waals surface area contributed by atoms with Crippen molar-refractivity contribution in [2.75, 3.05) is 5.32 Å². The number of aromatic nitrogens is 1. The lowest BCUT2D eigenvalue weighted by Gasteiger charge is -2.16. The quantitative estimate of drug-likeness (QED) is 0.912. The molecule has 0 fully saturated rings. The van der Waals surface area contributed by atoms with Crippen LogP contribution in [-0.4, -0.2) is 10.9 Å². The van der Waals surface area contributed by atoms with Gasteiger partial charge in [-0.05, 0) is 30.5 Å². The Bertz CT molecular complexity index is 718. The van der Waals surface area contributed by atoms with Gasteiger partial charge in [0.15, 0.2) is 0 Å². The molecule has 3 N–H and O–H groups in total. The number of pyridine rings is 1. The van der Waals surface area contributed by atoms with Gasteiger partial charge in [0.2, 0.25) is 0 Å². The summed E-state index contributed by atoms with van der Waals surface area (Å²) in [5, 5.41) is 2.98. The number of amides is 1. The summed E-state index contributed by atoms with van der Waals surface area (Å²) in [6, 6.07) is 5.43. The Balaban J connectivity index is 1.93. The molecule has 0 radical (unpaired) electrons. The minimum absolute atomic E-state index is 0.0497. The summed E-state index contributed by atoms with van der Waals surface area (Å²) in [7, 11) is 0. The Labute approximate surface area is 120 Å². The monoisotopic (exact) mass is 289 g/mol. The minimum atomic E-state index is -0.963. The molecule has 1 heterocycles. The smallest absolute Gasteiger partial charge is 0.251 e. The minimum Gasteiger partial charge on any atom is -0.374 e. The molecule has 4 nitrogen and oxygen atoms in total. The molecule has 1 aliphatic rings. The molecular formula is C15H13F2N3O. The van der Waals surface area contributed by atoms with Crippen molar-refractivity contribution in [2.45, 2.75) is 18.9 Å². The van der Waals surface area contributed by atoms with Crippen molar-refractivity contribution in [3.8, 4) is 0 Å². The van der Waals surface area contributed by atoms with Crippen LogP contribution in [0.25, 0.3) is 0 Å². The van der Waals surface area contributed by atoms with Crippen LogP contribution in [0.4, 0.5) is 14.5 Å². The summed E-state index contributed by atoms with van der Waals surface area (Å²) < 4.78 is 27.3. The number of rotatable bonds is 3.